The molecular weight excluding hydrogens is 250 g/mol. The highest BCUT2D eigenvalue weighted by Crippen LogP contribution is 2.38. The molecule has 2 rings (SSSR count). The Bertz CT molecular complexity index is 371. The van der Waals surface area contributed by atoms with Crippen molar-refractivity contribution in [3.05, 3.63) is 21.9 Å². The third-order valence-electron chi connectivity index (χ3n) is 4.78. The molecule has 1 aliphatic carbocycles. The van der Waals surface area contributed by atoms with Crippen molar-refractivity contribution in [3.8, 4) is 0 Å². The summed E-state index contributed by atoms with van der Waals surface area (Å²) >= 11 is 2.01. The van der Waals surface area contributed by atoms with Gasteiger partial charge in [0.1, 0.15) is 0 Å². The number of nitrogens with two attached hydrogens (primary N) is 1. The minimum Gasteiger partial charge on any atom is -0.330 e. The van der Waals surface area contributed by atoms with Gasteiger partial charge in [-0.25, -0.2) is 0 Å². The van der Waals surface area contributed by atoms with Crippen molar-refractivity contribution in [2.75, 3.05) is 6.54 Å². The monoisotopic (exact) mass is 279 g/mol. The predicted octanol–water partition coefficient (Wildman–Crippen LogP) is 4.64. The number of rotatable bonds is 6. The zero-order chi connectivity index (χ0) is 13.7. The summed E-state index contributed by atoms with van der Waals surface area (Å²) in [5.74, 6) is 2.56. The smallest absolute Gasteiger partial charge is 0.00510 e. The normalized spacial score (nSPS) is 27.6. The minimum atomic E-state index is 0.764. The van der Waals surface area contributed by atoms with Crippen LogP contribution in [0.5, 0.6) is 0 Å². The molecule has 1 nitrogen and oxygen atoms in total. The van der Waals surface area contributed by atoms with Crippen LogP contribution in [0.2, 0.25) is 0 Å². The Hall–Kier alpha value is -0.340. The van der Waals surface area contributed by atoms with Gasteiger partial charge in [0.15, 0.2) is 0 Å². The number of hydrogen-bond acceptors (Lipinski definition) is 2. The van der Waals surface area contributed by atoms with Gasteiger partial charge in [-0.2, -0.15) is 0 Å². The van der Waals surface area contributed by atoms with Gasteiger partial charge in [-0.15, -0.1) is 11.3 Å². The molecule has 1 aliphatic rings. The van der Waals surface area contributed by atoms with Gasteiger partial charge in [0, 0.05) is 9.75 Å². The molecule has 0 bridgehead atoms. The van der Waals surface area contributed by atoms with E-state index in [2.05, 4.69) is 26.0 Å². The molecule has 0 radical (unpaired) electrons. The highest BCUT2D eigenvalue weighted by Gasteiger charge is 2.29. The van der Waals surface area contributed by atoms with E-state index in [9.17, 15) is 0 Å². The third-order valence-corrected chi connectivity index (χ3v) is 6.03. The molecule has 1 heterocycles. The van der Waals surface area contributed by atoms with Gasteiger partial charge in [0.2, 0.25) is 0 Å². The fraction of sp³-hybridized carbons (Fsp3) is 0.765. The van der Waals surface area contributed by atoms with E-state index in [0.29, 0.717) is 0 Å². The lowest BCUT2D eigenvalue weighted by Crippen LogP contribution is -2.31. The maximum absolute atomic E-state index is 6.00. The van der Waals surface area contributed by atoms with Gasteiger partial charge in [0.25, 0.3) is 0 Å². The Balaban J connectivity index is 1.97. The first kappa shape index (κ1) is 15.1. The third kappa shape index (κ3) is 4.06. The predicted molar refractivity (Wildman–Crippen MR) is 85.7 cm³/mol. The van der Waals surface area contributed by atoms with Crippen LogP contribution in [0.15, 0.2) is 12.1 Å². The van der Waals surface area contributed by atoms with Crippen molar-refractivity contribution in [2.45, 2.75) is 58.8 Å². The first-order valence-electron chi connectivity index (χ1n) is 8.04. The molecule has 2 N–H and O–H groups in total. The zero-order valence-corrected chi connectivity index (χ0v) is 13.3. The standard InChI is InChI=1S/C17H29NS/c1-3-5-13-6-7-14(12-18)15(10-13)11-17-9-8-16(4-2)19-17/h8-9,13-15H,3-7,10-12,18H2,1-2H3. The van der Waals surface area contributed by atoms with Gasteiger partial charge in [-0.3, -0.25) is 0 Å². The Morgan fingerprint density at radius 2 is 1.95 bits per heavy atom. The summed E-state index contributed by atoms with van der Waals surface area (Å²) in [6.07, 6.45) is 9.38. The molecule has 1 fully saturated rings. The van der Waals surface area contributed by atoms with Crippen LogP contribution in [0, 0.1) is 17.8 Å². The first-order chi connectivity index (χ1) is 9.26. The zero-order valence-electron chi connectivity index (χ0n) is 12.5. The molecule has 0 aromatic carbocycles. The van der Waals surface area contributed by atoms with Crippen molar-refractivity contribution in [3.63, 3.8) is 0 Å². The molecule has 108 valence electrons. The average Bonchev–Trinajstić information content (AvgIpc) is 2.87. The topological polar surface area (TPSA) is 26.0 Å². The summed E-state index contributed by atoms with van der Waals surface area (Å²) in [6, 6.07) is 4.66. The van der Waals surface area contributed by atoms with Crippen molar-refractivity contribution in [2.24, 2.45) is 23.5 Å². The second kappa shape index (κ2) is 7.44. The molecule has 1 aromatic rings. The van der Waals surface area contributed by atoms with Crippen LogP contribution in [0.25, 0.3) is 0 Å². The molecule has 3 unspecified atom stereocenters. The summed E-state index contributed by atoms with van der Waals surface area (Å²) in [7, 11) is 0. The molecule has 2 heteroatoms. The van der Waals surface area contributed by atoms with E-state index in [1.54, 1.807) is 4.88 Å². The Labute approximate surface area is 122 Å². The Kier molecular flexibility index (Phi) is 5.90. The van der Waals surface area contributed by atoms with Crippen molar-refractivity contribution >= 4 is 11.3 Å². The number of hydrogen-bond donors (Lipinski definition) is 1. The first-order valence-corrected chi connectivity index (χ1v) is 8.86. The van der Waals surface area contributed by atoms with Crippen LogP contribution in [-0.4, -0.2) is 6.54 Å². The maximum atomic E-state index is 6.00. The quantitative estimate of drug-likeness (QED) is 0.806. The maximum Gasteiger partial charge on any atom is 0.00510 e. The molecule has 19 heavy (non-hydrogen) atoms. The highest BCUT2D eigenvalue weighted by molar-refractivity contribution is 7.11. The van der Waals surface area contributed by atoms with E-state index in [-0.39, 0.29) is 0 Å². The second-order valence-corrected chi connectivity index (χ2v) is 7.40. The highest BCUT2D eigenvalue weighted by atomic mass is 32.1. The van der Waals surface area contributed by atoms with Gasteiger partial charge >= 0.3 is 0 Å². The van der Waals surface area contributed by atoms with Crippen LogP contribution in [-0.2, 0) is 12.8 Å². The lowest BCUT2D eigenvalue weighted by molar-refractivity contribution is 0.176. The summed E-state index contributed by atoms with van der Waals surface area (Å²) in [4.78, 5) is 3.11. The lowest BCUT2D eigenvalue weighted by Gasteiger charge is -2.35. The minimum absolute atomic E-state index is 0.764. The van der Waals surface area contributed by atoms with E-state index in [0.717, 1.165) is 24.3 Å². The molecule has 3 atom stereocenters. The molecule has 0 aliphatic heterocycles. The van der Waals surface area contributed by atoms with E-state index < -0.39 is 0 Å². The fourth-order valence-corrected chi connectivity index (χ4v) is 4.69. The van der Waals surface area contributed by atoms with Crippen LogP contribution in [0.3, 0.4) is 0 Å². The Morgan fingerprint density at radius 1 is 1.16 bits per heavy atom. The molecule has 1 saturated carbocycles. The molecule has 1 aromatic heterocycles. The van der Waals surface area contributed by atoms with E-state index in [1.807, 2.05) is 11.3 Å². The number of thiophene rings is 1. The summed E-state index contributed by atoms with van der Waals surface area (Å²) in [6.45, 7) is 5.45. The lowest BCUT2D eigenvalue weighted by atomic mass is 9.71. The van der Waals surface area contributed by atoms with Crippen LogP contribution in [0.1, 0.15) is 55.7 Å². The van der Waals surface area contributed by atoms with E-state index in [1.165, 1.54) is 49.8 Å². The second-order valence-electron chi connectivity index (χ2n) is 6.15. The van der Waals surface area contributed by atoms with E-state index >= 15 is 0 Å². The van der Waals surface area contributed by atoms with Crippen molar-refractivity contribution in [1.82, 2.24) is 0 Å². The van der Waals surface area contributed by atoms with Crippen LogP contribution >= 0.6 is 11.3 Å². The fourth-order valence-electron chi connectivity index (χ4n) is 3.64. The summed E-state index contributed by atoms with van der Waals surface area (Å²) in [5.41, 5.74) is 6.00. The van der Waals surface area contributed by atoms with Crippen molar-refractivity contribution in [1.29, 1.82) is 0 Å². The van der Waals surface area contributed by atoms with Crippen molar-refractivity contribution < 1.29 is 0 Å². The molecule has 0 saturated heterocycles. The van der Waals surface area contributed by atoms with E-state index in [4.69, 9.17) is 5.73 Å². The number of aryl methyl sites for hydroxylation is 1. The van der Waals surface area contributed by atoms with Gasteiger partial charge < -0.3 is 5.73 Å². The molecule has 0 spiro atoms. The molecule has 0 amide bonds. The summed E-state index contributed by atoms with van der Waals surface area (Å²) in [5, 5.41) is 0. The largest absolute Gasteiger partial charge is 0.330 e. The Morgan fingerprint density at radius 3 is 2.58 bits per heavy atom. The van der Waals surface area contributed by atoms with Crippen LogP contribution < -0.4 is 5.73 Å². The van der Waals surface area contributed by atoms with Gasteiger partial charge in [-0.1, -0.05) is 33.1 Å². The average molecular weight is 279 g/mol. The van der Waals surface area contributed by atoms with Crippen LogP contribution in [0.4, 0.5) is 0 Å². The van der Waals surface area contributed by atoms with Gasteiger partial charge in [0.05, 0.1) is 0 Å². The summed E-state index contributed by atoms with van der Waals surface area (Å²) < 4.78 is 0. The SMILES string of the molecule is CCCC1CCC(CN)C(Cc2ccc(CC)s2)C1. The molecular formula is C17H29NS. The van der Waals surface area contributed by atoms with Gasteiger partial charge in [-0.05, 0) is 62.1 Å².